The lowest BCUT2D eigenvalue weighted by molar-refractivity contribution is 0.104. The van der Waals surface area contributed by atoms with Gasteiger partial charge >= 0.3 is 0 Å². The molecule has 0 aromatic heterocycles. The van der Waals surface area contributed by atoms with Gasteiger partial charge in [0.15, 0.2) is 0 Å². The highest BCUT2D eigenvalue weighted by atomic mass is 16.5. The maximum absolute atomic E-state index is 5.82. The summed E-state index contributed by atoms with van der Waals surface area (Å²) in [5.41, 5.74) is 1.42. The predicted molar refractivity (Wildman–Crippen MR) is 84.8 cm³/mol. The van der Waals surface area contributed by atoms with E-state index in [0.29, 0.717) is 12.0 Å². The van der Waals surface area contributed by atoms with Crippen molar-refractivity contribution in [2.75, 3.05) is 26.2 Å². The average molecular weight is 286 g/mol. The van der Waals surface area contributed by atoms with E-state index < -0.39 is 0 Å². The van der Waals surface area contributed by atoms with Crippen LogP contribution < -0.4 is 10.1 Å². The van der Waals surface area contributed by atoms with Crippen LogP contribution >= 0.6 is 0 Å². The van der Waals surface area contributed by atoms with Crippen molar-refractivity contribution >= 4 is 0 Å². The molecule has 1 N–H and O–H groups in total. The van der Waals surface area contributed by atoms with Crippen molar-refractivity contribution in [2.45, 2.75) is 44.2 Å². The normalized spacial score (nSPS) is 33.3. The molecule has 2 aliphatic heterocycles. The molecule has 3 aliphatic rings. The second-order valence-electron chi connectivity index (χ2n) is 7.04. The number of nitrogens with one attached hydrogen (secondary N) is 1. The zero-order valence-corrected chi connectivity index (χ0v) is 12.9. The zero-order valence-electron chi connectivity index (χ0n) is 12.9. The molecule has 1 aromatic rings. The van der Waals surface area contributed by atoms with Crippen LogP contribution in [0.1, 0.15) is 37.7 Å². The average Bonchev–Trinajstić information content (AvgIpc) is 3.33. The van der Waals surface area contributed by atoms with Crippen molar-refractivity contribution in [1.82, 2.24) is 10.2 Å². The SMILES string of the molecule is CC1CN(CC2CCOc3ccccc32)C(C2CC2)CN1. The predicted octanol–water partition coefficient (Wildman–Crippen LogP) is 2.62. The molecule has 3 atom stereocenters. The van der Waals surface area contributed by atoms with Gasteiger partial charge in [0, 0.05) is 37.6 Å². The molecule has 2 fully saturated rings. The number of nitrogens with zero attached hydrogens (tertiary/aromatic N) is 1. The molecule has 1 aromatic carbocycles. The second-order valence-corrected chi connectivity index (χ2v) is 7.04. The smallest absolute Gasteiger partial charge is 0.122 e. The lowest BCUT2D eigenvalue weighted by Crippen LogP contribution is -2.57. The zero-order chi connectivity index (χ0) is 14.2. The molecule has 0 spiro atoms. The van der Waals surface area contributed by atoms with Crippen LogP contribution in [0.5, 0.6) is 5.75 Å². The van der Waals surface area contributed by atoms with Crippen LogP contribution in [0.3, 0.4) is 0 Å². The minimum atomic E-state index is 0.620. The van der Waals surface area contributed by atoms with E-state index in [2.05, 4.69) is 41.4 Å². The lowest BCUT2D eigenvalue weighted by Gasteiger charge is -2.42. The maximum atomic E-state index is 5.82. The van der Waals surface area contributed by atoms with E-state index in [1.54, 1.807) is 0 Å². The molecule has 1 saturated carbocycles. The number of hydrogen-bond donors (Lipinski definition) is 1. The van der Waals surface area contributed by atoms with Crippen LogP contribution in [0.15, 0.2) is 24.3 Å². The Hall–Kier alpha value is -1.06. The Labute approximate surface area is 127 Å². The molecule has 0 radical (unpaired) electrons. The minimum Gasteiger partial charge on any atom is -0.493 e. The molecule has 3 nitrogen and oxygen atoms in total. The number of ether oxygens (including phenoxy) is 1. The number of fused-ring (bicyclic) bond motifs is 1. The largest absolute Gasteiger partial charge is 0.493 e. The number of piperazine rings is 1. The molecular weight excluding hydrogens is 260 g/mol. The van der Waals surface area contributed by atoms with Gasteiger partial charge in [-0.25, -0.2) is 0 Å². The highest BCUT2D eigenvalue weighted by Gasteiger charge is 2.39. The summed E-state index contributed by atoms with van der Waals surface area (Å²) in [5.74, 6) is 2.70. The first-order valence-electron chi connectivity index (χ1n) is 8.50. The second kappa shape index (κ2) is 5.62. The Morgan fingerprint density at radius 1 is 1.24 bits per heavy atom. The van der Waals surface area contributed by atoms with Gasteiger partial charge < -0.3 is 10.1 Å². The molecule has 1 aliphatic carbocycles. The number of benzene rings is 1. The van der Waals surface area contributed by atoms with Gasteiger partial charge in [0.25, 0.3) is 0 Å². The third-order valence-corrected chi connectivity index (χ3v) is 5.36. The number of para-hydroxylation sites is 1. The van der Waals surface area contributed by atoms with Gasteiger partial charge in [-0.15, -0.1) is 0 Å². The molecule has 0 bridgehead atoms. The summed E-state index contributed by atoms with van der Waals surface area (Å²) in [4.78, 5) is 2.77. The van der Waals surface area contributed by atoms with Crippen molar-refractivity contribution in [2.24, 2.45) is 5.92 Å². The van der Waals surface area contributed by atoms with Crippen LogP contribution in [0, 0.1) is 5.92 Å². The van der Waals surface area contributed by atoms with Gasteiger partial charge in [0.2, 0.25) is 0 Å². The highest BCUT2D eigenvalue weighted by Crippen LogP contribution is 2.39. The topological polar surface area (TPSA) is 24.5 Å². The van der Waals surface area contributed by atoms with Crippen LogP contribution in [-0.2, 0) is 0 Å². The van der Waals surface area contributed by atoms with Crippen LogP contribution in [0.25, 0.3) is 0 Å². The monoisotopic (exact) mass is 286 g/mol. The van der Waals surface area contributed by atoms with Gasteiger partial charge in [-0.1, -0.05) is 18.2 Å². The van der Waals surface area contributed by atoms with Crippen molar-refractivity contribution in [3.05, 3.63) is 29.8 Å². The van der Waals surface area contributed by atoms with Gasteiger partial charge in [-0.05, 0) is 43.7 Å². The van der Waals surface area contributed by atoms with E-state index >= 15 is 0 Å². The van der Waals surface area contributed by atoms with E-state index in [1.807, 2.05) is 0 Å². The van der Waals surface area contributed by atoms with Gasteiger partial charge in [-0.2, -0.15) is 0 Å². The Morgan fingerprint density at radius 2 is 2.10 bits per heavy atom. The first-order valence-corrected chi connectivity index (χ1v) is 8.50. The summed E-state index contributed by atoms with van der Waals surface area (Å²) in [5, 5.41) is 3.67. The molecule has 2 heterocycles. The fourth-order valence-corrected chi connectivity index (χ4v) is 4.05. The highest BCUT2D eigenvalue weighted by molar-refractivity contribution is 5.38. The summed E-state index contributed by atoms with van der Waals surface area (Å²) >= 11 is 0. The molecular formula is C18H26N2O. The van der Waals surface area contributed by atoms with Crippen molar-refractivity contribution < 1.29 is 4.74 Å². The van der Waals surface area contributed by atoms with Crippen LogP contribution in [0.4, 0.5) is 0 Å². The maximum Gasteiger partial charge on any atom is 0.122 e. The van der Waals surface area contributed by atoms with E-state index in [1.165, 1.54) is 38.0 Å². The quantitative estimate of drug-likeness (QED) is 0.924. The first kappa shape index (κ1) is 13.6. The summed E-state index contributed by atoms with van der Waals surface area (Å²) in [7, 11) is 0. The number of rotatable bonds is 3. The van der Waals surface area contributed by atoms with E-state index in [4.69, 9.17) is 4.74 Å². The van der Waals surface area contributed by atoms with Crippen molar-refractivity contribution in [3.8, 4) is 5.75 Å². The summed E-state index contributed by atoms with van der Waals surface area (Å²) < 4.78 is 5.82. The summed E-state index contributed by atoms with van der Waals surface area (Å²) in [6.45, 7) is 6.76. The summed E-state index contributed by atoms with van der Waals surface area (Å²) in [6.07, 6.45) is 4.02. The van der Waals surface area contributed by atoms with E-state index in [9.17, 15) is 0 Å². The van der Waals surface area contributed by atoms with Crippen molar-refractivity contribution in [3.63, 3.8) is 0 Å². The molecule has 1 saturated heterocycles. The standard InChI is InChI=1S/C18H26N2O/c1-13-11-20(17(10-19-13)14-6-7-14)12-15-8-9-21-18-5-3-2-4-16(15)18/h2-5,13-15,17,19H,6-12H2,1H3. The molecule has 3 unspecified atom stereocenters. The van der Waals surface area contributed by atoms with Crippen LogP contribution in [0.2, 0.25) is 0 Å². The van der Waals surface area contributed by atoms with Crippen LogP contribution in [-0.4, -0.2) is 43.2 Å². The third-order valence-electron chi connectivity index (χ3n) is 5.36. The minimum absolute atomic E-state index is 0.620. The molecule has 0 amide bonds. The molecule has 21 heavy (non-hydrogen) atoms. The molecule has 4 rings (SSSR count). The fourth-order valence-electron chi connectivity index (χ4n) is 4.05. The fraction of sp³-hybridized carbons (Fsp3) is 0.667. The van der Waals surface area contributed by atoms with Gasteiger partial charge in [-0.3, -0.25) is 4.90 Å². The summed E-state index contributed by atoms with van der Waals surface area (Å²) in [6, 6.07) is 10.0. The molecule has 114 valence electrons. The Balaban J connectivity index is 1.51. The Morgan fingerprint density at radius 3 is 2.95 bits per heavy atom. The van der Waals surface area contributed by atoms with Crippen molar-refractivity contribution in [1.29, 1.82) is 0 Å². The number of hydrogen-bond acceptors (Lipinski definition) is 3. The van der Waals surface area contributed by atoms with E-state index in [-0.39, 0.29) is 0 Å². The van der Waals surface area contributed by atoms with Gasteiger partial charge in [0.05, 0.1) is 6.61 Å². The molecule has 3 heteroatoms. The third kappa shape index (κ3) is 2.82. The van der Waals surface area contributed by atoms with Gasteiger partial charge in [0.1, 0.15) is 5.75 Å². The first-order chi connectivity index (χ1) is 10.3. The lowest BCUT2D eigenvalue weighted by atomic mass is 9.91. The Kier molecular flexibility index (Phi) is 3.64. The Bertz CT molecular complexity index is 500. The van der Waals surface area contributed by atoms with E-state index in [0.717, 1.165) is 30.7 Å².